The van der Waals surface area contributed by atoms with E-state index in [-0.39, 0.29) is 34.4 Å². The Balaban J connectivity index is 2.25. The highest BCUT2D eigenvalue weighted by Crippen LogP contribution is 2.62. The van der Waals surface area contributed by atoms with Crippen LogP contribution in [0.15, 0.2) is 76.9 Å². The van der Waals surface area contributed by atoms with Gasteiger partial charge in [-0.1, -0.05) is 24.3 Å². The van der Waals surface area contributed by atoms with E-state index >= 15 is 0 Å². The average molecular weight is 670 g/mol. The Bertz CT molecular complexity index is 1680. The Kier molecular flexibility index (Phi) is 8.62. The minimum absolute atomic E-state index is 0.00339. The van der Waals surface area contributed by atoms with Crippen molar-refractivity contribution in [3.8, 4) is 18.2 Å². The first-order chi connectivity index (χ1) is 20.9. The summed E-state index contributed by atoms with van der Waals surface area (Å²) >= 11 is 0. The van der Waals surface area contributed by atoms with E-state index in [4.69, 9.17) is 4.74 Å². The summed E-state index contributed by atoms with van der Waals surface area (Å²) in [7, 11) is 0. The fourth-order valence-corrected chi connectivity index (χ4v) is 4.41. The lowest BCUT2D eigenvalue weighted by Crippen LogP contribution is -2.69. The predicted octanol–water partition coefficient (Wildman–Crippen LogP) is 8.20. The summed E-state index contributed by atoms with van der Waals surface area (Å²) in [5, 5.41) is 31.2. The van der Waals surface area contributed by atoms with Crippen molar-refractivity contribution in [2.45, 2.75) is 55.2 Å². The van der Waals surface area contributed by atoms with Crippen LogP contribution in [-0.4, -0.2) is 35.5 Å². The lowest BCUT2D eigenvalue weighted by Gasteiger charge is -2.39. The van der Waals surface area contributed by atoms with Crippen LogP contribution in [0, 0.1) is 34.0 Å². The van der Waals surface area contributed by atoms with E-state index in [1.165, 1.54) is 50.5 Å². The molecule has 18 heteroatoms. The van der Waals surface area contributed by atoms with Crippen LogP contribution in [0.4, 0.5) is 57.1 Å². The number of benzene rings is 1. The molecular formula is C28H15F13N4O. The maximum Gasteiger partial charge on any atom is 0.460 e. The molecule has 0 radical (unpaired) electrons. The van der Waals surface area contributed by atoms with Gasteiger partial charge in [0.15, 0.2) is 11.3 Å². The van der Waals surface area contributed by atoms with Crippen molar-refractivity contribution in [3.63, 3.8) is 0 Å². The number of nitrogens with zero attached hydrogens (tertiary/aromatic N) is 3. The summed E-state index contributed by atoms with van der Waals surface area (Å²) in [5.41, 5.74) is -5.10. The number of hydrogen-bond acceptors (Lipinski definition) is 5. The number of alkyl halides is 13. The van der Waals surface area contributed by atoms with Crippen LogP contribution < -0.4 is 5.32 Å². The highest BCUT2D eigenvalue weighted by Gasteiger charge is 2.90. The summed E-state index contributed by atoms with van der Waals surface area (Å²) in [6.45, 7) is 2.71. The average Bonchev–Trinajstić information content (AvgIpc) is 3.23. The molecule has 46 heavy (non-hydrogen) atoms. The molecule has 0 aliphatic carbocycles. The second-order valence-corrected chi connectivity index (χ2v) is 10.0. The minimum atomic E-state index is -8.04. The van der Waals surface area contributed by atoms with Gasteiger partial charge in [-0.15, -0.1) is 0 Å². The zero-order chi connectivity index (χ0) is 35.3. The Hall–Kier alpha value is -4.92. The number of allylic oxidation sites excluding steroid dienone is 5. The molecule has 0 fully saturated rings. The molecule has 2 aliphatic heterocycles. The molecule has 5 nitrogen and oxygen atoms in total. The van der Waals surface area contributed by atoms with Crippen LogP contribution in [-0.2, 0) is 10.7 Å². The van der Waals surface area contributed by atoms with Crippen LogP contribution in [0.1, 0.15) is 25.0 Å². The maximum atomic E-state index is 14.8. The molecule has 1 aromatic carbocycles. The first-order valence-electron chi connectivity index (χ1n) is 12.2. The summed E-state index contributed by atoms with van der Waals surface area (Å²) in [6.07, 6.45) is -2.16. The van der Waals surface area contributed by atoms with Gasteiger partial charge in [-0.25, -0.2) is 0 Å². The number of rotatable bonds is 7. The zero-order valence-electron chi connectivity index (χ0n) is 22.8. The Morgan fingerprint density at radius 1 is 0.717 bits per heavy atom. The Morgan fingerprint density at radius 2 is 1.20 bits per heavy atom. The first-order valence-corrected chi connectivity index (χ1v) is 12.2. The number of nitriles is 3. The molecule has 244 valence electrons. The SMILES string of the molecule is CC1(C)OC(=C(C#N)C#N)C(C#N)=C1C(=C1C=CNC=C1)c1ccc(C(F)(F)C(F)(F)C(F)(F)C(F)(F)C(F)(F)C(F)(F)F)cc1. The third kappa shape index (κ3) is 5.13. The number of hydrogen-bond donors (Lipinski definition) is 1. The van der Waals surface area contributed by atoms with Crippen molar-refractivity contribution in [2.75, 3.05) is 0 Å². The third-order valence-corrected chi connectivity index (χ3v) is 6.73. The van der Waals surface area contributed by atoms with Crippen LogP contribution in [0.2, 0.25) is 0 Å². The number of nitrogens with one attached hydrogen (secondary N) is 1. The molecule has 0 saturated heterocycles. The lowest BCUT2D eigenvalue weighted by atomic mass is 9.81. The van der Waals surface area contributed by atoms with Gasteiger partial charge >= 0.3 is 35.8 Å². The summed E-state index contributed by atoms with van der Waals surface area (Å²) in [6, 6.07) is 5.91. The van der Waals surface area contributed by atoms with Crippen LogP contribution in [0.25, 0.3) is 5.57 Å². The largest absolute Gasteiger partial charge is 0.480 e. The standard InChI is InChI=1S/C28H15F13N4O/c1-22(2)20(18(13-44)21(46-22)16(11-42)12-43)19(15-7-9-45-10-8-15)14-3-5-17(6-4-14)23(29,30)24(31,32)25(33,34)26(35,36)27(37,38)28(39,40)41/h3-10,45H,1-2H3. The van der Waals surface area contributed by atoms with Gasteiger partial charge < -0.3 is 10.1 Å². The van der Waals surface area contributed by atoms with Crippen molar-refractivity contribution in [1.82, 2.24) is 5.32 Å². The molecule has 2 aliphatic rings. The third-order valence-electron chi connectivity index (χ3n) is 6.73. The minimum Gasteiger partial charge on any atom is -0.480 e. The molecule has 0 unspecified atom stereocenters. The second-order valence-electron chi connectivity index (χ2n) is 10.0. The Labute approximate surface area is 250 Å². The van der Waals surface area contributed by atoms with Gasteiger partial charge in [-0.3, -0.25) is 0 Å². The lowest BCUT2D eigenvalue weighted by molar-refractivity contribution is -0.441. The fraction of sp³-hybridized carbons (Fsp3) is 0.321. The fourth-order valence-electron chi connectivity index (χ4n) is 4.41. The van der Waals surface area contributed by atoms with E-state index in [0.717, 1.165) is 0 Å². The highest BCUT2D eigenvalue weighted by molar-refractivity contribution is 5.90. The van der Waals surface area contributed by atoms with Gasteiger partial charge in [0.25, 0.3) is 0 Å². The van der Waals surface area contributed by atoms with E-state index in [2.05, 4.69) is 5.32 Å². The molecule has 2 heterocycles. The van der Waals surface area contributed by atoms with E-state index in [1.54, 1.807) is 6.07 Å². The van der Waals surface area contributed by atoms with Crippen molar-refractivity contribution in [2.24, 2.45) is 0 Å². The molecule has 0 aromatic heterocycles. The monoisotopic (exact) mass is 670 g/mol. The number of halogens is 13. The molecule has 0 saturated carbocycles. The highest BCUT2D eigenvalue weighted by atomic mass is 19.4. The molecule has 0 spiro atoms. The molecular weight excluding hydrogens is 655 g/mol. The normalized spacial score (nSPS) is 17.1. The molecule has 0 bridgehead atoms. The Morgan fingerprint density at radius 3 is 1.63 bits per heavy atom. The summed E-state index contributed by atoms with van der Waals surface area (Å²) in [4.78, 5) is 0. The second kappa shape index (κ2) is 11.2. The first kappa shape index (κ1) is 35.6. The van der Waals surface area contributed by atoms with E-state index in [0.29, 0.717) is 12.1 Å². The van der Waals surface area contributed by atoms with Crippen LogP contribution >= 0.6 is 0 Å². The van der Waals surface area contributed by atoms with Crippen molar-refractivity contribution in [1.29, 1.82) is 15.8 Å². The molecule has 0 amide bonds. The van der Waals surface area contributed by atoms with E-state index in [9.17, 15) is 72.9 Å². The topological polar surface area (TPSA) is 92.6 Å². The number of ether oxygens (including phenoxy) is 1. The van der Waals surface area contributed by atoms with Crippen LogP contribution in [0.3, 0.4) is 0 Å². The van der Waals surface area contributed by atoms with E-state index < -0.39 is 63.9 Å². The van der Waals surface area contributed by atoms with Gasteiger partial charge in [0.2, 0.25) is 0 Å². The van der Waals surface area contributed by atoms with Gasteiger partial charge in [0.05, 0.1) is 0 Å². The van der Waals surface area contributed by atoms with Crippen molar-refractivity contribution >= 4 is 5.57 Å². The molecule has 3 rings (SSSR count). The van der Waals surface area contributed by atoms with E-state index in [1.807, 2.05) is 0 Å². The quantitative estimate of drug-likeness (QED) is 0.233. The molecule has 0 atom stereocenters. The van der Waals surface area contributed by atoms with Crippen molar-refractivity contribution in [3.05, 3.63) is 88.0 Å². The van der Waals surface area contributed by atoms with Crippen molar-refractivity contribution < 1.29 is 61.8 Å². The zero-order valence-corrected chi connectivity index (χ0v) is 22.8. The van der Waals surface area contributed by atoms with Gasteiger partial charge in [-0.05, 0) is 42.7 Å². The summed E-state index contributed by atoms with van der Waals surface area (Å²) < 4.78 is 183. The summed E-state index contributed by atoms with van der Waals surface area (Å²) in [5.74, 6) is -38.3. The molecule has 1 N–H and O–H groups in total. The predicted molar refractivity (Wildman–Crippen MR) is 131 cm³/mol. The van der Waals surface area contributed by atoms with Gasteiger partial charge in [0, 0.05) is 23.5 Å². The van der Waals surface area contributed by atoms with Gasteiger partial charge in [0.1, 0.15) is 29.4 Å². The smallest absolute Gasteiger partial charge is 0.460 e. The van der Waals surface area contributed by atoms with Crippen LogP contribution in [0.5, 0.6) is 0 Å². The molecule has 1 aromatic rings. The maximum absolute atomic E-state index is 14.8. The number of dihydropyridines is 1. The van der Waals surface area contributed by atoms with Gasteiger partial charge in [-0.2, -0.15) is 72.9 Å².